The lowest BCUT2D eigenvalue weighted by Crippen LogP contribution is -2.33. The van der Waals surface area contributed by atoms with Gasteiger partial charge in [0.25, 0.3) is 5.91 Å². The molecule has 2 atom stereocenters. The first kappa shape index (κ1) is 18.1. The number of carbonyl (C=O) groups is 3. The first-order chi connectivity index (χ1) is 10.5. The van der Waals surface area contributed by atoms with E-state index in [1.807, 2.05) is 0 Å². The van der Waals surface area contributed by atoms with Crippen LogP contribution in [-0.4, -0.2) is 67.4 Å². The number of hydrogen-bond donors (Lipinski definition) is 3. The van der Waals surface area contributed by atoms with Crippen molar-refractivity contribution in [1.29, 1.82) is 0 Å². The van der Waals surface area contributed by atoms with Crippen molar-refractivity contribution in [3.63, 3.8) is 0 Å². The van der Waals surface area contributed by atoms with Crippen LogP contribution in [0.25, 0.3) is 0 Å². The fourth-order valence-corrected chi connectivity index (χ4v) is 1.97. The van der Waals surface area contributed by atoms with Crippen molar-refractivity contribution in [3.05, 3.63) is 11.8 Å². The summed E-state index contributed by atoms with van der Waals surface area (Å²) < 4.78 is 10.5. The molecule has 0 bridgehead atoms. The molecule has 2 amide bonds. The van der Waals surface area contributed by atoms with Crippen molar-refractivity contribution in [2.45, 2.75) is 25.2 Å². The van der Waals surface area contributed by atoms with Crippen LogP contribution in [0, 0.1) is 0 Å². The van der Waals surface area contributed by atoms with E-state index in [4.69, 9.17) is 20.3 Å². The summed E-state index contributed by atoms with van der Waals surface area (Å²) in [6.07, 6.45) is 1.95. The van der Waals surface area contributed by atoms with Crippen LogP contribution < -0.4 is 11.1 Å². The van der Waals surface area contributed by atoms with E-state index in [1.54, 1.807) is 0 Å². The van der Waals surface area contributed by atoms with Gasteiger partial charge in [0.15, 0.2) is 0 Å². The summed E-state index contributed by atoms with van der Waals surface area (Å²) in [7, 11) is 1.42. The smallest absolute Gasteiger partial charge is 0.319 e. The third-order valence-corrected chi connectivity index (χ3v) is 3.13. The lowest BCUT2D eigenvalue weighted by atomic mass is 10.2. The number of esters is 1. The average Bonchev–Trinajstić information content (AvgIpc) is 3.01. The van der Waals surface area contributed by atoms with Crippen LogP contribution in [0.3, 0.4) is 0 Å². The van der Waals surface area contributed by atoms with Crippen LogP contribution in [-0.2, 0) is 23.9 Å². The van der Waals surface area contributed by atoms with E-state index in [2.05, 4.69) is 5.32 Å². The van der Waals surface area contributed by atoms with Gasteiger partial charge in [-0.25, -0.2) is 0 Å². The number of carbonyl (C=O) groups excluding carboxylic acids is 3. The number of nitrogens with two attached hydrogens (primary N) is 1. The summed E-state index contributed by atoms with van der Waals surface area (Å²) in [6, 6.07) is 0. The lowest BCUT2D eigenvalue weighted by molar-refractivity contribution is -0.148. The third kappa shape index (κ3) is 5.10. The summed E-state index contributed by atoms with van der Waals surface area (Å²) in [5.41, 5.74) is 5.16. The normalized spacial score (nSPS) is 21.3. The molecule has 0 saturated carbocycles. The number of aliphatic hydroxyl groups excluding tert-OH is 1. The van der Waals surface area contributed by atoms with E-state index in [-0.39, 0.29) is 24.8 Å². The van der Waals surface area contributed by atoms with E-state index < -0.39 is 24.7 Å². The summed E-state index contributed by atoms with van der Waals surface area (Å²) in [6.45, 7) is -0.648. The first-order valence-electron chi connectivity index (χ1n) is 6.83. The minimum absolute atomic E-state index is 0.0382. The highest BCUT2D eigenvalue weighted by atomic mass is 16.6. The van der Waals surface area contributed by atoms with Gasteiger partial charge in [-0.05, 0) is 12.8 Å². The molecule has 0 spiro atoms. The highest BCUT2D eigenvalue weighted by Gasteiger charge is 2.30. The Morgan fingerprint density at radius 3 is 2.77 bits per heavy atom. The zero-order valence-corrected chi connectivity index (χ0v) is 12.4. The zero-order chi connectivity index (χ0) is 16.5. The molecule has 1 aliphatic heterocycles. The van der Waals surface area contributed by atoms with Gasteiger partial charge in [-0.1, -0.05) is 0 Å². The molecule has 0 aliphatic carbocycles. The molecule has 124 valence electrons. The third-order valence-electron chi connectivity index (χ3n) is 3.13. The van der Waals surface area contributed by atoms with Gasteiger partial charge in [0.1, 0.15) is 12.8 Å². The van der Waals surface area contributed by atoms with Crippen LogP contribution in [0.2, 0.25) is 0 Å². The second-order valence-corrected chi connectivity index (χ2v) is 4.62. The maximum absolute atomic E-state index is 11.5. The van der Waals surface area contributed by atoms with Crippen LogP contribution in [0.15, 0.2) is 11.8 Å². The number of ether oxygens (including phenoxy) is 2. The average molecular weight is 315 g/mol. The van der Waals surface area contributed by atoms with Gasteiger partial charge in [-0.3, -0.25) is 19.3 Å². The molecule has 1 heterocycles. The Hall–Kier alpha value is -1.97. The van der Waals surface area contributed by atoms with Crippen LogP contribution in [0.1, 0.15) is 12.8 Å². The molecule has 0 aromatic heterocycles. The molecule has 9 heteroatoms. The molecule has 1 rings (SSSR count). The van der Waals surface area contributed by atoms with Crippen LogP contribution >= 0.6 is 0 Å². The number of hydrogen-bond acceptors (Lipinski definition) is 7. The largest absolute Gasteiger partial charge is 0.462 e. The van der Waals surface area contributed by atoms with E-state index >= 15 is 0 Å². The molecule has 2 unspecified atom stereocenters. The maximum atomic E-state index is 11.5. The standard InChI is InChI=1S/C13H21N3O6/c1-15-13(20)9(6-17)5-16(8-18)11-3-2-10(22-11)7-21-12(19)4-14/h5,8,10-11,17H,2-4,6-7,14H2,1H3,(H,15,20)/b9-5-. The summed E-state index contributed by atoms with van der Waals surface area (Å²) in [5, 5.41) is 11.5. The van der Waals surface area contributed by atoms with Crippen LogP contribution in [0.5, 0.6) is 0 Å². The predicted molar refractivity (Wildman–Crippen MR) is 75.0 cm³/mol. The zero-order valence-electron chi connectivity index (χ0n) is 12.4. The predicted octanol–water partition coefficient (Wildman–Crippen LogP) is -1.93. The van der Waals surface area contributed by atoms with Gasteiger partial charge in [0, 0.05) is 13.2 Å². The molecule has 0 aromatic rings. The number of amides is 2. The Morgan fingerprint density at radius 2 is 2.23 bits per heavy atom. The first-order valence-corrected chi connectivity index (χ1v) is 6.83. The fraction of sp³-hybridized carbons (Fsp3) is 0.615. The number of rotatable bonds is 8. The lowest BCUT2D eigenvalue weighted by Gasteiger charge is -2.22. The molecule has 0 aromatic carbocycles. The van der Waals surface area contributed by atoms with Gasteiger partial charge >= 0.3 is 5.97 Å². The van der Waals surface area contributed by atoms with E-state index in [9.17, 15) is 14.4 Å². The molecule has 1 aliphatic rings. The van der Waals surface area contributed by atoms with Crippen molar-refractivity contribution in [2.24, 2.45) is 5.73 Å². The Bertz CT molecular complexity index is 439. The SMILES string of the molecule is CNC(=O)/C(=C\N(C=O)C1CCC(COC(=O)CN)O1)CO. The fourth-order valence-electron chi connectivity index (χ4n) is 1.97. The Morgan fingerprint density at radius 1 is 1.50 bits per heavy atom. The molecule has 0 radical (unpaired) electrons. The number of nitrogens with zero attached hydrogens (tertiary/aromatic N) is 1. The number of likely N-dealkylation sites (N-methyl/N-ethyl adjacent to an activating group) is 1. The summed E-state index contributed by atoms with van der Waals surface area (Å²) >= 11 is 0. The topological polar surface area (TPSA) is 131 Å². The minimum atomic E-state index is -0.578. The van der Waals surface area contributed by atoms with Gasteiger partial charge in [-0.2, -0.15) is 0 Å². The van der Waals surface area contributed by atoms with E-state index in [1.165, 1.54) is 18.1 Å². The molecule has 9 nitrogen and oxygen atoms in total. The molecule has 1 fully saturated rings. The molecular formula is C13H21N3O6. The quantitative estimate of drug-likeness (QED) is 0.270. The molecular weight excluding hydrogens is 294 g/mol. The highest BCUT2D eigenvalue weighted by Crippen LogP contribution is 2.23. The van der Waals surface area contributed by atoms with Crippen molar-refractivity contribution >= 4 is 18.3 Å². The molecule has 1 saturated heterocycles. The Labute approximate surface area is 128 Å². The minimum Gasteiger partial charge on any atom is -0.462 e. The van der Waals surface area contributed by atoms with Crippen molar-refractivity contribution in [2.75, 3.05) is 26.8 Å². The van der Waals surface area contributed by atoms with Crippen molar-refractivity contribution in [1.82, 2.24) is 10.2 Å². The Kier molecular flexibility index (Phi) is 7.50. The second-order valence-electron chi connectivity index (χ2n) is 4.62. The number of nitrogens with one attached hydrogen (secondary N) is 1. The summed E-state index contributed by atoms with van der Waals surface area (Å²) in [5.74, 6) is -1.01. The van der Waals surface area contributed by atoms with Gasteiger partial charge in [-0.15, -0.1) is 0 Å². The number of aliphatic hydroxyl groups is 1. The van der Waals surface area contributed by atoms with Crippen molar-refractivity contribution in [3.8, 4) is 0 Å². The molecule has 22 heavy (non-hydrogen) atoms. The van der Waals surface area contributed by atoms with Gasteiger partial charge in [0.05, 0.1) is 24.8 Å². The second kappa shape index (κ2) is 9.13. The van der Waals surface area contributed by atoms with E-state index in [0.717, 1.165) is 0 Å². The highest BCUT2D eigenvalue weighted by molar-refractivity contribution is 5.93. The van der Waals surface area contributed by atoms with Gasteiger partial charge < -0.3 is 25.6 Å². The Balaban J connectivity index is 2.62. The monoisotopic (exact) mass is 315 g/mol. The van der Waals surface area contributed by atoms with Gasteiger partial charge in [0.2, 0.25) is 6.41 Å². The van der Waals surface area contributed by atoms with Crippen LogP contribution in [0.4, 0.5) is 0 Å². The summed E-state index contributed by atoms with van der Waals surface area (Å²) in [4.78, 5) is 34.8. The maximum Gasteiger partial charge on any atom is 0.319 e. The molecule has 4 N–H and O–H groups in total. The van der Waals surface area contributed by atoms with E-state index in [0.29, 0.717) is 19.3 Å². The van der Waals surface area contributed by atoms with Crippen molar-refractivity contribution < 1.29 is 29.0 Å².